The lowest BCUT2D eigenvalue weighted by molar-refractivity contribution is 0.622. The molecule has 0 saturated heterocycles. The number of hydrogen-bond donors (Lipinski definition) is 2. The maximum absolute atomic E-state index is 14.4. The van der Waals surface area contributed by atoms with E-state index in [0.717, 1.165) is 35.4 Å². The van der Waals surface area contributed by atoms with E-state index in [0.29, 0.717) is 17.9 Å². The van der Waals surface area contributed by atoms with E-state index >= 15 is 0 Å². The van der Waals surface area contributed by atoms with Gasteiger partial charge in [0.15, 0.2) is 11.5 Å². The Hall–Kier alpha value is -3.29. The zero-order valence-electron chi connectivity index (χ0n) is 13.2. The Labute approximate surface area is 141 Å². The van der Waals surface area contributed by atoms with Crippen LogP contribution in [0.5, 0.6) is 0 Å². The van der Waals surface area contributed by atoms with Crippen LogP contribution in [0.25, 0.3) is 22.4 Å². The van der Waals surface area contributed by atoms with Gasteiger partial charge in [-0.2, -0.15) is 10.2 Å². The van der Waals surface area contributed by atoms with E-state index < -0.39 is 5.82 Å². The molecule has 0 fully saturated rings. The van der Waals surface area contributed by atoms with Gasteiger partial charge in [-0.3, -0.25) is 10.2 Å². The second kappa shape index (κ2) is 5.37. The van der Waals surface area contributed by atoms with Crippen molar-refractivity contribution in [1.82, 2.24) is 30.4 Å². The maximum Gasteiger partial charge on any atom is 0.155 e. The molecule has 1 aliphatic heterocycles. The van der Waals surface area contributed by atoms with Crippen LogP contribution in [0.4, 0.5) is 10.2 Å². The molecule has 0 saturated carbocycles. The van der Waals surface area contributed by atoms with E-state index in [-0.39, 0.29) is 5.69 Å². The van der Waals surface area contributed by atoms with E-state index in [1.165, 1.54) is 6.07 Å². The van der Waals surface area contributed by atoms with E-state index in [1.807, 2.05) is 12.3 Å². The third-order valence-electron chi connectivity index (χ3n) is 4.52. The largest absolute Gasteiger partial charge is 0.352 e. The number of nitrogens with one attached hydrogen (secondary N) is 2. The van der Waals surface area contributed by atoms with Gasteiger partial charge in [-0.1, -0.05) is 0 Å². The number of pyridine rings is 2. The van der Waals surface area contributed by atoms with Crippen LogP contribution in [-0.2, 0) is 13.0 Å². The summed E-state index contributed by atoms with van der Waals surface area (Å²) >= 11 is 0. The van der Waals surface area contributed by atoms with Crippen LogP contribution in [0.1, 0.15) is 11.3 Å². The smallest absolute Gasteiger partial charge is 0.155 e. The zero-order chi connectivity index (χ0) is 16.8. The van der Waals surface area contributed by atoms with Crippen molar-refractivity contribution >= 4 is 16.9 Å². The molecule has 0 spiro atoms. The molecule has 0 atom stereocenters. The van der Waals surface area contributed by atoms with Crippen molar-refractivity contribution in [3.8, 4) is 11.4 Å². The number of halogens is 1. The lowest BCUT2D eigenvalue weighted by atomic mass is 10.1. The third-order valence-corrected chi connectivity index (χ3v) is 4.52. The number of fused-ring (bicyclic) bond motifs is 2. The van der Waals surface area contributed by atoms with Crippen LogP contribution >= 0.6 is 0 Å². The minimum Gasteiger partial charge on any atom is -0.352 e. The highest BCUT2D eigenvalue weighted by Crippen LogP contribution is 2.29. The van der Waals surface area contributed by atoms with Crippen LogP contribution in [0.3, 0.4) is 0 Å². The fourth-order valence-electron chi connectivity index (χ4n) is 3.23. The highest BCUT2D eigenvalue weighted by atomic mass is 19.1. The zero-order valence-corrected chi connectivity index (χ0v) is 13.2. The molecule has 0 aliphatic carbocycles. The first-order valence-electron chi connectivity index (χ1n) is 8.01. The molecule has 0 unspecified atom stereocenters. The van der Waals surface area contributed by atoms with Gasteiger partial charge in [0.05, 0.1) is 6.20 Å². The molecular formula is C17H14FN7. The average Bonchev–Trinajstić information content (AvgIpc) is 3.28. The molecule has 25 heavy (non-hydrogen) atoms. The van der Waals surface area contributed by atoms with Crippen molar-refractivity contribution in [2.45, 2.75) is 13.0 Å². The predicted octanol–water partition coefficient (Wildman–Crippen LogP) is 2.44. The van der Waals surface area contributed by atoms with E-state index in [9.17, 15) is 4.39 Å². The molecule has 5 rings (SSSR count). The molecule has 7 nitrogen and oxygen atoms in total. The van der Waals surface area contributed by atoms with Crippen LogP contribution < -0.4 is 4.90 Å². The molecule has 4 aromatic rings. The molecule has 5 heterocycles. The summed E-state index contributed by atoms with van der Waals surface area (Å²) in [6.07, 6.45) is 4.36. The van der Waals surface area contributed by atoms with Crippen molar-refractivity contribution in [3.63, 3.8) is 0 Å². The number of hydrogen-bond acceptors (Lipinski definition) is 5. The summed E-state index contributed by atoms with van der Waals surface area (Å²) in [5.74, 6) is 0.324. The van der Waals surface area contributed by atoms with Crippen molar-refractivity contribution in [2.24, 2.45) is 0 Å². The van der Waals surface area contributed by atoms with Gasteiger partial charge in [-0.25, -0.2) is 14.4 Å². The SMILES string of the molecule is Fc1ccc(N2CCc3[nH]ncc3C2)nc1-c1n[nH]c2ncccc12. The fourth-order valence-corrected chi connectivity index (χ4v) is 3.23. The normalized spacial score (nSPS) is 14.0. The third kappa shape index (κ3) is 2.25. The number of H-pyrrole nitrogens is 2. The van der Waals surface area contributed by atoms with E-state index in [2.05, 4.69) is 35.3 Å². The summed E-state index contributed by atoms with van der Waals surface area (Å²) in [7, 11) is 0. The minimum atomic E-state index is -0.401. The Morgan fingerprint density at radius 2 is 2.08 bits per heavy atom. The molecule has 2 N–H and O–H groups in total. The van der Waals surface area contributed by atoms with Gasteiger partial charge < -0.3 is 4.90 Å². The number of rotatable bonds is 2. The van der Waals surface area contributed by atoms with Crippen LogP contribution in [0, 0.1) is 5.82 Å². The van der Waals surface area contributed by atoms with Gasteiger partial charge in [0.2, 0.25) is 0 Å². The molecule has 4 aromatic heterocycles. The van der Waals surface area contributed by atoms with Crippen molar-refractivity contribution in [3.05, 3.63) is 53.7 Å². The lowest BCUT2D eigenvalue weighted by Crippen LogP contribution is -2.30. The first-order chi connectivity index (χ1) is 12.3. The highest BCUT2D eigenvalue weighted by Gasteiger charge is 2.21. The van der Waals surface area contributed by atoms with Crippen LogP contribution in [0.15, 0.2) is 36.7 Å². The Balaban J connectivity index is 1.57. The standard InChI is InChI=1S/C17H14FN7/c18-12-3-4-14(25-7-5-13-10(9-25)8-20-22-13)21-16(12)15-11-2-1-6-19-17(11)24-23-15/h1-4,6,8H,5,7,9H2,(H,20,22)(H,19,23,24). The molecule has 8 heteroatoms. The second-order valence-corrected chi connectivity index (χ2v) is 6.02. The first-order valence-corrected chi connectivity index (χ1v) is 8.01. The Morgan fingerprint density at radius 1 is 1.12 bits per heavy atom. The number of anilines is 1. The molecule has 0 radical (unpaired) electrons. The van der Waals surface area contributed by atoms with E-state index in [4.69, 9.17) is 0 Å². The molecule has 0 amide bonds. The number of aromatic nitrogens is 6. The van der Waals surface area contributed by atoms with Gasteiger partial charge in [0, 0.05) is 42.4 Å². The first kappa shape index (κ1) is 14.1. The van der Waals surface area contributed by atoms with Crippen molar-refractivity contribution < 1.29 is 4.39 Å². The molecule has 124 valence electrons. The average molecular weight is 335 g/mol. The summed E-state index contributed by atoms with van der Waals surface area (Å²) in [6, 6.07) is 6.80. The summed E-state index contributed by atoms with van der Waals surface area (Å²) in [4.78, 5) is 10.9. The summed E-state index contributed by atoms with van der Waals surface area (Å²) in [5.41, 5.74) is 3.62. The molecule has 0 aromatic carbocycles. The number of nitrogens with zero attached hydrogens (tertiary/aromatic N) is 5. The van der Waals surface area contributed by atoms with Gasteiger partial charge in [-0.15, -0.1) is 0 Å². The summed E-state index contributed by atoms with van der Waals surface area (Å²) < 4.78 is 14.4. The number of aromatic amines is 2. The second-order valence-electron chi connectivity index (χ2n) is 6.02. The van der Waals surface area contributed by atoms with Crippen molar-refractivity contribution in [2.75, 3.05) is 11.4 Å². The maximum atomic E-state index is 14.4. The molecular weight excluding hydrogens is 321 g/mol. The monoisotopic (exact) mass is 335 g/mol. The fraction of sp³-hybridized carbons (Fsp3) is 0.176. The van der Waals surface area contributed by atoms with Gasteiger partial charge in [-0.05, 0) is 24.3 Å². The van der Waals surface area contributed by atoms with Crippen LogP contribution in [-0.4, -0.2) is 36.9 Å². The Kier molecular flexibility index (Phi) is 3.03. The predicted molar refractivity (Wildman–Crippen MR) is 90.4 cm³/mol. The minimum absolute atomic E-state index is 0.231. The van der Waals surface area contributed by atoms with Gasteiger partial charge in [0.25, 0.3) is 0 Å². The summed E-state index contributed by atoms with van der Waals surface area (Å²) in [6.45, 7) is 1.50. The Bertz CT molecular complexity index is 1070. The van der Waals surface area contributed by atoms with Gasteiger partial charge in [0.1, 0.15) is 17.2 Å². The van der Waals surface area contributed by atoms with Crippen molar-refractivity contribution in [1.29, 1.82) is 0 Å². The topological polar surface area (TPSA) is 86.4 Å². The summed E-state index contributed by atoms with van der Waals surface area (Å²) in [5, 5.41) is 14.9. The van der Waals surface area contributed by atoms with Crippen LogP contribution in [0.2, 0.25) is 0 Å². The molecule has 1 aliphatic rings. The Morgan fingerprint density at radius 3 is 3.04 bits per heavy atom. The molecule has 0 bridgehead atoms. The highest BCUT2D eigenvalue weighted by molar-refractivity contribution is 5.89. The quantitative estimate of drug-likeness (QED) is 0.588. The van der Waals surface area contributed by atoms with Gasteiger partial charge >= 0.3 is 0 Å². The lowest BCUT2D eigenvalue weighted by Gasteiger charge is -2.27. The van der Waals surface area contributed by atoms with E-state index in [1.54, 1.807) is 18.3 Å².